The van der Waals surface area contributed by atoms with E-state index in [4.69, 9.17) is 9.16 Å². The minimum atomic E-state index is -1.87. The highest BCUT2D eigenvalue weighted by molar-refractivity contribution is 6.74. The van der Waals surface area contributed by atoms with Crippen molar-refractivity contribution in [3.63, 3.8) is 0 Å². The number of allylic oxidation sites excluding steroid dienone is 1. The molecule has 1 aromatic rings. The Morgan fingerprint density at radius 3 is 2.53 bits per heavy atom. The maximum Gasteiger partial charge on any atom is 0.330 e. The molecule has 188 valence electrons. The van der Waals surface area contributed by atoms with Gasteiger partial charge in [0, 0.05) is 6.08 Å². The third kappa shape index (κ3) is 4.40. The summed E-state index contributed by atoms with van der Waals surface area (Å²) in [5.41, 5.74) is 6.00. The number of hydrogen-bond donors (Lipinski definition) is 0. The van der Waals surface area contributed by atoms with Crippen molar-refractivity contribution in [3.8, 4) is 5.75 Å². The van der Waals surface area contributed by atoms with Crippen LogP contribution in [0.3, 0.4) is 0 Å². The molecule has 0 N–H and O–H groups in total. The lowest BCUT2D eigenvalue weighted by molar-refractivity contribution is -0.137. The van der Waals surface area contributed by atoms with Crippen LogP contribution in [0.2, 0.25) is 18.1 Å². The number of rotatable bonds is 5. The molecular weight excluding hydrogens is 436 g/mol. The van der Waals surface area contributed by atoms with Crippen molar-refractivity contribution < 1.29 is 14.0 Å². The molecule has 4 heteroatoms. The molecule has 2 fully saturated rings. The maximum absolute atomic E-state index is 12.2. The van der Waals surface area contributed by atoms with Gasteiger partial charge in [-0.25, -0.2) is 4.79 Å². The van der Waals surface area contributed by atoms with Gasteiger partial charge < -0.3 is 9.16 Å². The normalized spacial score (nSPS) is 29.9. The van der Waals surface area contributed by atoms with E-state index in [1.807, 2.05) is 13.0 Å². The highest BCUT2D eigenvalue weighted by Crippen LogP contribution is 2.63. The van der Waals surface area contributed by atoms with Crippen molar-refractivity contribution in [1.29, 1.82) is 0 Å². The van der Waals surface area contributed by atoms with Gasteiger partial charge in [0.15, 0.2) is 0 Å². The van der Waals surface area contributed by atoms with Gasteiger partial charge in [-0.2, -0.15) is 0 Å². The molecule has 4 rings (SSSR count). The standard InChI is InChI=1S/C30H46O3Si/c1-9-20-17-25-21(18-27(20)33-34(7,8)29(3,4)5)11-13-24-23(25)15-16-30(6)22(12-14-26(24)30)19-28(31)32-10-2/h17-19,23-24,26H,9-16H2,1-8H3. The second kappa shape index (κ2) is 9.15. The molecule has 3 aliphatic carbocycles. The molecule has 0 bridgehead atoms. The molecule has 3 aliphatic rings. The van der Waals surface area contributed by atoms with E-state index >= 15 is 0 Å². The first-order valence-corrected chi connectivity index (χ1v) is 16.5. The third-order valence-corrected chi connectivity index (χ3v) is 14.2. The Morgan fingerprint density at radius 2 is 1.88 bits per heavy atom. The fourth-order valence-electron chi connectivity index (χ4n) is 6.86. The molecule has 2 saturated carbocycles. The molecule has 1 aromatic carbocycles. The monoisotopic (exact) mass is 482 g/mol. The number of aryl methyl sites for hydroxylation is 2. The quantitative estimate of drug-likeness (QED) is 0.242. The van der Waals surface area contributed by atoms with Crippen LogP contribution in [0.25, 0.3) is 0 Å². The number of carbonyl (C=O) groups is 1. The van der Waals surface area contributed by atoms with Crippen LogP contribution in [0.15, 0.2) is 23.8 Å². The number of esters is 1. The molecule has 34 heavy (non-hydrogen) atoms. The van der Waals surface area contributed by atoms with Crippen molar-refractivity contribution in [2.75, 3.05) is 6.61 Å². The zero-order valence-electron chi connectivity index (χ0n) is 22.8. The van der Waals surface area contributed by atoms with Crippen molar-refractivity contribution in [2.45, 2.75) is 111 Å². The van der Waals surface area contributed by atoms with Crippen LogP contribution in [0, 0.1) is 17.3 Å². The zero-order chi connectivity index (χ0) is 24.9. The second-order valence-corrected chi connectivity index (χ2v) is 17.4. The molecule has 0 radical (unpaired) electrons. The molecule has 0 aromatic heterocycles. The Morgan fingerprint density at radius 1 is 1.15 bits per heavy atom. The summed E-state index contributed by atoms with van der Waals surface area (Å²) >= 11 is 0. The van der Waals surface area contributed by atoms with Gasteiger partial charge in [-0.15, -0.1) is 0 Å². The SMILES string of the molecule is CCOC(=O)C=C1CCC2C3CCc4cc(O[Si](C)(C)C(C)(C)C)c(CC)cc4C3CCC12C. The van der Waals surface area contributed by atoms with Crippen molar-refractivity contribution in [2.24, 2.45) is 17.3 Å². The summed E-state index contributed by atoms with van der Waals surface area (Å²) in [6, 6.07) is 4.93. The summed E-state index contributed by atoms with van der Waals surface area (Å²) in [5, 5.41) is 0.198. The van der Waals surface area contributed by atoms with Gasteiger partial charge in [0.1, 0.15) is 5.75 Å². The van der Waals surface area contributed by atoms with Gasteiger partial charge in [-0.1, -0.05) is 46.3 Å². The zero-order valence-corrected chi connectivity index (χ0v) is 23.8. The van der Waals surface area contributed by atoms with Gasteiger partial charge in [0.2, 0.25) is 8.32 Å². The Hall–Kier alpha value is -1.55. The molecule has 0 spiro atoms. The van der Waals surface area contributed by atoms with Gasteiger partial charge >= 0.3 is 5.97 Å². The molecule has 0 saturated heterocycles. The fraction of sp³-hybridized carbons (Fsp3) is 0.700. The lowest BCUT2D eigenvalue weighted by Crippen LogP contribution is -2.44. The second-order valence-electron chi connectivity index (χ2n) is 12.7. The number of fused-ring (bicyclic) bond motifs is 5. The largest absolute Gasteiger partial charge is 0.543 e. The molecule has 0 heterocycles. The van der Waals surface area contributed by atoms with E-state index in [1.54, 1.807) is 5.56 Å². The molecule has 4 unspecified atom stereocenters. The fourth-order valence-corrected chi connectivity index (χ4v) is 7.90. The van der Waals surface area contributed by atoms with E-state index < -0.39 is 8.32 Å². The molecular formula is C30H46O3Si. The number of carbonyl (C=O) groups excluding carboxylic acids is 1. The smallest absolute Gasteiger partial charge is 0.330 e. The summed E-state index contributed by atoms with van der Waals surface area (Å²) in [6.07, 6.45) is 9.92. The van der Waals surface area contributed by atoms with Gasteiger partial charge in [-0.05, 0) is 116 Å². The minimum absolute atomic E-state index is 0.155. The minimum Gasteiger partial charge on any atom is -0.543 e. The molecule has 0 aliphatic heterocycles. The summed E-state index contributed by atoms with van der Waals surface area (Å²) < 4.78 is 12.1. The van der Waals surface area contributed by atoms with Crippen molar-refractivity contribution in [1.82, 2.24) is 0 Å². The van der Waals surface area contributed by atoms with Crippen LogP contribution in [0.5, 0.6) is 5.75 Å². The molecule has 3 nitrogen and oxygen atoms in total. The Labute approximate surface area is 208 Å². The summed E-state index contributed by atoms with van der Waals surface area (Å²) in [5.74, 6) is 3.03. The first-order valence-electron chi connectivity index (χ1n) is 13.6. The van der Waals surface area contributed by atoms with Gasteiger partial charge in [-0.3, -0.25) is 0 Å². The maximum atomic E-state index is 12.2. The van der Waals surface area contributed by atoms with Crippen molar-refractivity contribution >= 4 is 14.3 Å². The average Bonchev–Trinajstić information content (AvgIpc) is 3.08. The van der Waals surface area contributed by atoms with E-state index in [-0.39, 0.29) is 16.4 Å². The first-order chi connectivity index (χ1) is 15.9. The van der Waals surface area contributed by atoms with Crippen LogP contribution >= 0.6 is 0 Å². The summed E-state index contributed by atoms with van der Waals surface area (Å²) in [6.45, 7) is 18.7. The van der Waals surface area contributed by atoms with E-state index in [0.717, 1.165) is 30.9 Å². The van der Waals surface area contributed by atoms with E-state index in [1.165, 1.54) is 42.4 Å². The van der Waals surface area contributed by atoms with E-state index in [0.29, 0.717) is 18.4 Å². The third-order valence-electron chi connectivity index (χ3n) is 9.88. The highest BCUT2D eigenvalue weighted by atomic mass is 28.4. The molecule has 0 amide bonds. The van der Waals surface area contributed by atoms with Crippen LogP contribution in [-0.4, -0.2) is 20.9 Å². The Balaban J connectivity index is 1.62. The lowest BCUT2D eigenvalue weighted by atomic mass is 9.55. The first kappa shape index (κ1) is 25.5. The highest BCUT2D eigenvalue weighted by Gasteiger charge is 2.52. The number of hydrogen-bond acceptors (Lipinski definition) is 3. The van der Waals surface area contributed by atoms with Crippen LogP contribution in [0.4, 0.5) is 0 Å². The predicted octanol–water partition coefficient (Wildman–Crippen LogP) is 7.98. The summed E-state index contributed by atoms with van der Waals surface area (Å²) in [7, 11) is -1.87. The van der Waals surface area contributed by atoms with Gasteiger partial charge in [0.05, 0.1) is 6.61 Å². The van der Waals surface area contributed by atoms with Crippen LogP contribution in [-0.2, 0) is 22.4 Å². The topological polar surface area (TPSA) is 35.5 Å². The lowest BCUT2D eigenvalue weighted by Gasteiger charge is -2.50. The Bertz CT molecular complexity index is 970. The van der Waals surface area contributed by atoms with Crippen LogP contribution < -0.4 is 4.43 Å². The number of ether oxygens (including phenoxy) is 1. The van der Waals surface area contributed by atoms with Gasteiger partial charge in [0.25, 0.3) is 0 Å². The van der Waals surface area contributed by atoms with E-state index in [9.17, 15) is 4.79 Å². The van der Waals surface area contributed by atoms with Crippen LogP contribution in [0.1, 0.15) is 96.3 Å². The molecule has 4 atom stereocenters. The predicted molar refractivity (Wildman–Crippen MR) is 143 cm³/mol. The summed E-state index contributed by atoms with van der Waals surface area (Å²) in [4.78, 5) is 12.2. The average molecular weight is 483 g/mol. The number of benzene rings is 1. The van der Waals surface area contributed by atoms with Crippen molar-refractivity contribution in [3.05, 3.63) is 40.5 Å². The Kier molecular flexibility index (Phi) is 6.87. The van der Waals surface area contributed by atoms with E-state index in [2.05, 4.69) is 59.8 Å².